The minimum Gasteiger partial charge on any atom is -0.458 e. The number of anilines is 9. The van der Waals surface area contributed by atoms with E-state index in [2.05, 4.69) is 24.3 Å². The van der Waals surface area contributed by atoms with Crippen LogP contribution in [0.3, 0.4) is 0 Å². The van der Waals surface area contributed by atoms with Crippen LogP contribution in [-0.2, 0) is 0 Å². The van der Waals surface area contributed by atoms with Crippen LogP contribution in [0.2, 0.25) is 0 Å². The number of fused-ring (bicyclic) bond motifs is 16. The van der Waals surface area contributed by atoms with Gasteiger partial charge in [0.25, 0.3) is 20.1 Å². The van der Waals surface area contributed by atoms with Gasteiger partial charge in [0.05, 0.1) is 25.3 Å². The maximum Gasteiger partial charge on any atom is 0.273 e. The van der Waals surface area contributed by atoms with Crippen LogP contribution in [0.15, 0.2) is 291 Å². The highest BCUT2D eigenvalue weighted by atomic mass is 32.1. The summed E-state index contributed by atoms with van der Waals surface area (Å²) in [6.07, 6.45) is 0. The zero-order valence-corrected chi connectivity index (χ0v) is 52.2. The topological polar surface area (TPSA) is 65.1 Å². The van der Waals surface area contributed by atoms with Gasteiger partial charge in [-0.2, -0.15) is 0 Å². The Bertz CT molecular complexity index is 5670. The van der Waals surface area contributed by atoms with Crippen LogP contribution in [0.5, 0.6) is 69.0 Å². The normalized spacial score (nSPS) is 14.1. The van der Waals surface area contributed by atoms with Gasteiger partial charge >= 0.3 is 0 Å². The van der Waals surface area contributed by atoms with Gasteiger partial charge < -0.3 is 43.1 Å². The standard InChI is InChI=1S/C82H48B3N3O6S2/c1-7-23-49(24-8-1)86(50-25-9-2-10-26-50)55-39-68-76-69(40-55)90-65-48-67-63(85-78-71(92-67)42-57(88(53-31-15-5-16-32-53)54-33-17-6-18-34-54)44-73(78)94-80-59-36-20-22-38-75(59)96-82(80)85)46-61(65)83(76)60-45-62-66(47-64(60)89-68)91-70-41-56(87(51-27-11-3-12-28-51)52-29-13-4-14-30-52)43-72-77(70)84(62)81-79(93-72)58-35-19-21-37-74(58)95-81/h1-48H/i39D,40D,41D,42D,43D,44D. The van der Waals surface area contributed by atoms with E-state index in [1.807, 2.05) is 245 Å². The molecule has 15 aromatic rings. The van der Waals surface area contributed by atoms with E-state index in [9.17, 15) is 8.22 Å². The average Bonchev–Trinajstić information content (AvgIpc) is 0.798. The number of hydrogen-bond acceptors (Lipinski definition) is 11. The summed E-state index contributed by atoms with van der Waals surface area (Å²) >= 11 is 3.21. The molecule has 2 aromatic heterocycles. The highest BCUT2D eigenvalue weighted by Crippen LogP contribution is 2.50. The molecule has 96 heavy (non-hydrogen) atoms. The first kappa shape index (κ1) is 48.0. The minimum atomic E-state index is -0.787. The van der Waals surface area contributed by atoms with Crippen LogP contribution in [0.4, 0.5) is 51.2 Å². The van der Waals surface area contributed by atoms with Gasteiger partial charge in [0.15, 0.2) is 0 Å². The highest BCUT2D eigenvalue weighted by molar-refractivity contribution is 7.33. The summed E-state index contributed by atoms with van der Waals surface area (Å²) in [7, 11) is 0. The lowest BCUT2D eigenvalue weighted by Crippen LogP contribution is -2.62. The van der Waals surface area contributed by atoms with Crippen molar-refractivity contribution < 1.29 is 36.6 Å². The first-order chi connectivity index (χ1) is 50.1. The molecule has 448 valence electrons. The Morgan fingerprint density at radius 3 is 0.802 bits per heavy atom. The molecule has 13 aromatic carbocycles. The molecule has 0 saturated carbocycles. The molecule has 8 heterocycles. The SMILES string of the molecule is [2H]c1c2c3c(c([2H])c1N(c1ccccc1)c1ccccc1)Oc1cc4c(cc1B3c1cc3c(cc1O2)Oc1c([2H])c(N(c2ccccc2)c2ccccc2)c([2H])c2c1B3c1sc3ccccc3c1O2)B1c2sc3ccccc3c2Oc2c([2H])c(N(c3ccccc3)c3ccccc3)c([2H])c(c21)O4. The van der Waals surface area contributed by atoms with Gasteiger partial charge in [-0.1, -0.05) is 146 Å². The second-order valence-corrected chi connectivity index (χ2v) is 26.5. The molecule has 0 atom stereocenters. The van der Waals surface area contributed by atoms with Gasteiger partial charge in [-0.25, -0.2) is 0 Å². The van der Waals surface area contributed by atoms with E-state index in [0.717, 1.165) is 63.4 Å². The van der Waals surface area contributed by atoms with Gasteiger partial charge in [-0.15, -0.1) is 22.7 Å². The maximum absolute atomic E-state index is 10.6. The van der Waals surface area contributed by atoms with Crippen LogP contribution >= 0.6 is 22.7 Å². The van der Waals surface area contributed by atoms with E-state index in [1.165, 1.54) is 0 Å². The second-order valence-electron chi connectivity index (χ2n) is 24.4. The van der Waals surface area contributed by atoms with Crippen molar-refractivity contribution >= 4 is 162 Å². The van der Waals surface area contributed by atoms with Crippen LogP contribution < -0.4 is 90.9 Å². The summed E-state index contributed by atoms with van der Waals surface area (Å²) in [4.78, 5) is 5.73. The molecular weight excluding hydrogens is 1220 g/mol. The quantitative estimate of drug-likeness (QED) is 0.132. The van der Waals surface area contributed by atoms with E-state index < -0.39 is 20.1 Å². The first-order valence-corrected chi connectivity index (χ1v) is 33.4. The predicted molar refractivity (Wildman–Crippen MR) is 394 cm³/mol. The van der Waals surface area contributed by atoms with Gasteiger partial charge in [0.2, 0.25) is 0 Å². The maximum atomic E-state index is 10.6. The first-order valence-electron chi connectivity index (χ1n) is 34.8. The molecule has 14 heteroatoms. The van der Waals surface area contributed by atoms with Crippen molar-refractivity contribution in [3.8, 4) is 69.0 Å². The van der Waals surface area contributed by atoms with Crippen LogP contribution in [0, 0.1) is 0 Å². The van der Waals surface area contributed by atoms with E-state index >= 15 is 0 Å². The predicted octanol–water partition coefficient (Wildman–Crippen LogP) is 16.7. The van der Waals surface area contributed by atoms with Gasteiger partial charge in [0, 0.05) is 129 Å². The number of nitrogens with zero attached hydrogens (tertiary/aromatic N) is 3. The van der Waals surface area contributed by atoms with E-state index in [4.69, 9.17) is 28.4 Å². The zero-order chi connectivity index (χ0) is 67.9. The Morgan fingerprint density at radius 1 is 0.250 bits per heavy atom. The highest BCUT2D eigenvalue weighted by Gasteiger charge is 2.50. The lowest BCUT2D eigenvalue weighted by Gasteiger charge is -2.38. The average molecular weight is 1270 g/mol. The smallest absolute Gasteiger partial charge is 0.273 e. The molecule has 9 nitrogen and oxygen atoms in total. The molecule has 6 aliphatic rings. The third-order valence-corrected chi connectivity index (χ3v) is 21.4. The number of ether oxygens (including phenoxy) is 6. The largest absolute Gasteiger partial charge is 0.458 e. The van der Waals surface area contributed by atoms with Crippen molar-refractivity contribution in [2.45, 2.75) is 0 Å². The fourth-order valence-corrected chi connectivity index (χ4v) is 17.4. The summed E-state index contributed by atoms with van der Waals surface area (Å²) in [6.45, 7) is -2.03. The summed E-state index contributed by atoms with van der Waals surface area (Å²) in [6, 6.07) is 82.6. The lowest BCUT2D eigenvalue weighted by molar-refractivity contribution is 0.449. The van der Waals surface area contributed by atoms with E-state index in [0.29, 0.717) is 73.2 Å². The third-order valence-electron chi connectivity index (χ3n) is 18.9. The summed E-state index contributed by atoms with van der Waals surface area (Å²) in [5.41, 5.74) is 9.59. The Kier molecular flexibility index (Phi) is 10.4. The minimum absolute atomic E-state index is 0.00660. The van der Waals surface area contributed by atoms with Crippen LogP contribution in [0.1, 0.15) is 8.22 Å². The van der Waals surface area contributed by atoms with Crippen molar-refractivity contribution in [3.63, 3.8) is 0 Å². The van der Waals surface area contributed by atoms with Gasteiger partial charge in [0.1, 0.15) is 69.0 Å². The van der Waals surface area contributed by atoms with Crippen molar-refractivity contribution in [1.29, 1.82) is 0 Å². The van der Waals surface area contributed by atoms with Crippen molar-refractivity contribution in [2.75, 3.05) is 14.7 Å². The molecule has 6 aliphatic heterocycles. The molecule has 0 amide bonds. The number of para-hydroxylation sites is 6. The fraction of sp³-hybridized carbons (Fsp3) is 0. The van der Waals surface area contributed by atoms with Crippen molar-refractivity contribution in [2.24, 2.45) is 0 Å². The molecule has 0 saturated heterocycles. The molecule has 0 bridgehead atoms. The summed E-state index contributed by atoms with van der Waals surface area (Å²) in [5, 5.41) is 1.78. The van der Waals surface area contributed by atoms with E-state index in [1.54, 1.807) is 22.7 Å². The summed E-state index contributed by atoms with van der Waals surface area (Å²) in [5.74, 6) is 4.23. The molecule has 0 fully saturated rings. The van der Waals surface area contributed by atoms with Crippen LogP contribution in [-0.4, -0.2) is 20.1 Å². The fourth-order valence-electron chi connectivity index (χ4n) is 14.8. The zero-order valence-electron chi connectivity index (χ0n) is 56.6. The van der Waals surface area contributed by atoms with Crippen molar-refractivity contribution in [1.82, 2.24) is 0 Å². The van der Waals surface area contributed by atoms with Crippen molar-refractivity contribution in [3.05, 3.63) is 291 Å². The Balaban J connectivity index is 0.818. The van der Waals surface area contributed by atoms with Gasteiger partial charge in [-0.3, -0.25) is 0 Å². The lowest BCUT2D eigenvalue weighted by atomic mass is 9.31. The Hall–Kier alpha value is -11.8. The molecule has 0 radical (unpaired) electrons. The molecule has 21 rings (SSSR count). The summed E-state index contributed by atoms with van der Waals surface area (Å²) < 4.78 is 110. The molecule has 0 N–H and O–H groups in total. The Labute approximate surface area is 570 Å². The third kappa shape index (κ3) is 8.12. The number of hydrogen-bond donors (Lipinski definition) is 0. The number of rotatable bonds is 9. The van der Waals surface area contributed by atoms with Crippen LogP contribution in [0.25, 0.3) is 20.2 Å². The Morgan fingerprint density at radius 2 is 0.500 bits per heavy atom. The molecular formula is C82H48B3N3O6S2. The van der Waals surface area contributed by atoms with E-state index in [-0.39, 0.29) is 87.8 Å². The number of benzene rings is 13. The molecule has 0 spiro atoms. The molecule has 0 aliphatic carbocycles. The molecule has 0 unspecified atom stereocenters. The number of thiophene rings is 2. The second kappa shape index (κ2) is 20.8. The monoisotopic (exact) mass is 1270 g/mol. The van der Waals surface area contributed by atoms with Gasteiger partial charge in [-0.05, 0) is 119 Å².